The fourth-order valence-corrected chi connectivity index (χ4v) is 2.73. The summed E-state index contributed by atoms with van der Waals surface area (Å²) in [6, 6.07) is 0. The Morgan fingerprint density at radius 3 is 2.94 bits per heavy atom. The number of amides is 1. The van der Waals surface area contributed by atoms with Gasteiger partial charge in [0.05, 0.1) is 6.33 Å². The van der Waals surface area contributed by atoms with Crippen LogP contribution in [0.25, 0.3) is 0 Å². The van der Waals surface area contributed by atoms with Gasteiger partial charge < -0.3 is 9.30 Å². The summed E-state index contributed by atoms with van der Waals surface area (Å²) < 4.78 is 7.52. The zero-order valence-corrected chi connectivity index (χ0v) is 9.73. The molecule has 1 atom stereocenters. The molecular weight excluding hydrogens is 206 g/mol. The molecule has 2 aliphatic rings. The van der Waals surface area contributed by atoms with Crippen LogP contribution < -0.4 is 0 Å². The van der Waals surface area contributed by atoms with Gasteiger partial charge in [0, 0.05) is 24.9 Å². The molecule has 0 N–H and O–H groups in total. The number of carbonyl (C=O) groups is 1. The Balaban J connectivity index is 2.23. The molecule has 0 aliphatic carbocycles. The second kappa shape index (κ2) is 2.59. The number of nitrogens with zero attached hydrogens (tertiary/aromatic N) is 3. The van der Waals surface area contributed by atoms with Gasteiger partial charge in [-0.3, -0.25) is 4.90 Å². The van der Waals surface area contributed by atoms with Crippen molar-refractivity contribution in [3.63, 3.8) is 0 Å². The van der Waals surface area contributed by atoms with Crippen molar-refractivity contribution >= 4 is 6.09 Å². The van der Waals surface area contributed by atoms with E-state index in [2.05, 4.69) is 9.55 Å². The predicted molar refractivity (Wildman–Crippen MR) is 56.8 cm³/mol. The maximum absolute atomic E-state index is 11.8. The van der Waals surface area contributed by atoms with Crippen molar-refractivity contribution in [2.45, 2.75) is 38.5 Å². The van der Waals surface area contributed by atoms with Gasteiger partial charge in [-0.05, 0) is 20.8 Å². The normalized spacial score (nSPS) is 30.9. The molecule has 0 saturated carbocycles. The Hall–Kier alpha value is -1.52. The van der Waals surface area contributed by atoms with Crippen LogP contribution in [0.2, 0.25) is 0 Å². The van der Waals surface area contributed by atoms with E-state index in [4.69, 9.17) is 4.74 Å². The number of hydrogen-bond acceptors (Lipinski definition) is 3. The van der Waals surface area contributed by atoms with E-state index in [0.29, 0.717) is 6.54 Å². The zero-order valence-electron chi connectivity index (χ0n) is 9.73. The molecule has 0 aromatic carbocycles. The van der Waals surface area contributed by atoms with Gasteiger partial charge in [-0.25, -0.2) is 9.78 Å². The Kier molecular flexibility index (Phi) is 1.57. The van der Waals surface area contributed by atoms with Crippen molar-refractivity contribution in [2.75, 3.05) is 6.54 Å². The molecule has 1 fully saturated rings. The first kappa shape index (κ1) is 9.69. The number of fused-ring (bicyclic) bond motifs is 3. The summed E-state index contributed by atoms with van der Waals surface area (Å²) in [7, 11) is 0. The first-order valence-corrected chi connectivity index (χ1v) is 5.49. The molecule has 3 rings (SSSR count). The maximum atomic E-state index is 11.8. The Bertz CT molecular complexity index is 466. The Morgan fingerprint density at radius 1 is 1.44 bits per heavy atom. The van der Waals surface area contributed by atoms with Gasteiger partial charge in [0.15, 0.2) is 11.3 Å². The van der Waals surface area contributed by atoms with Crippen molar-refractivity contribution in [3.8, 4) is 0 Å². The highest BCUT2D eigenvalue weighted by atomic mass is 16.6. The van der Waals surface area contributed by atoms with Gasteiger partial charge in [0.25, 0.3) is 0 Å². The lowest BCUT2D eigenvalue weighted by Gasteiger charge is -2.44. The van der Waals surface area contributed by atoms with Crippen LogP contribution in [0.4, 0.5) is 4.79 Å². The molecule has 5 nitrogen and oxygen atoms in total. The van der Waals surface area contributed by atoms with E-state index in [9.17, 15) is 4.79 Å². The van der Waals surface area contributed by atoms with Gasteiger partial charge in [0.1, 0.15) is 0 Å². The maximum Gasteiger partial charge on any atom is 0.412 e. The highest BCUT2D eigenvalue weighted by Crippen LogP contribution is 2.45. The molecule has 1 aromatic rings. The number of cyclic esters (lactones) is 1. The molecule has 0 spiro atoms. The molecule has 16 heavy (non-hydrogen) atoms. The van der Waals surface area contributed by atoms with Crippen molar-refractivity contribution in [1.29, 1.82) is 0 Å². The Morgan fingerprint density at radius 2 is 2.19 bits per heavy atom. The van der Waals surface area contributed by atoms with Crippen LogP contribution in [0.15, 0.2) is 12.5 Å². The lowest BCUT2D eigenvalue weighted by molar-refractivity contribution is -0.0330. The second-order valence-electron chi connectivity index (χ2n) is 5.06. The molecular formula is C11H15N3O2. The fraction of sp³-hybridized carbons (Fsp3) is 0.636. The average Bonchev–Trinajstić information content (AvgIpc) is 2.70. The van der Waals surface area contributed by atoms with Gasteiger partial charge >= 0.3 is 6.09 Å². The molecule has 0 bridgehead atoms. The highest BCUT2D eigenvalue weighted by Gasteiger charge is 2.60. The monoisotopic (exact) mass is 221 g/mol. The lowest BCUT2D eigenvalue weighted by Crippen LogP contribution is -2.58. The number of carbonyl (C=O) groups excluding carboxylic acids is 1. The molecule has 1 amide bonds. The molecule has 1 saturated heterocycles. The van der Waals surface area contributed by atoms with Gasteiger partial charge in [-0.15, -0.1) is 0 Å². The van der Waals surface area contributed by atoms with Gasteiger partial charge in [0.2, 0.25) is 0 Å². The summed E-state index contributed by atoms with van der Waals surface area (Å²) in [5, 5.41) is 0. The van der Waals surface area contributed by atoms with E-state index in [1.165, 1.54) is 0 Å². The predicted octanol–water partition coefficient (Wildman–Crippen LogP) is 1.34. The average molecular weight is 221 g/mol. The summed E-state index contributed by atoms with van der Waals surface area (Å²) >= 11 is 0. The minimum absolute atomic E-state index is 0.230. The number of rotatable bonds is 0. The number of ether oxygens (including phenoxy) is 1. The lowest BCUT2D eigenvalue weighted by atomic mass is 9.90. The summed E-state index contributed by atoms with van der Waals surface area (Å²) in [4.78, 5) is 17.8. The summed E-state index contributed by atoms with van der Waals surface area (Å²) in [6.07, 6.45) is 4.25. The van der Waals surface area contributed by atoms with Crippen LogP contribution in [-0.4, -0.2) is 32.7 Å². The third-order valence-electron chi connectivity index (χ3n) is 4.00. The fourth-order valence-electron chi connectivity index (χ4n) is 2.73. The summed E-state index contributed by atoms with van der Waals surface area (Å²) in [6.45, 7) is 6.62. The standard InChI is InChI=1S/C11H15N3O2/c1-10(2)11(3)13(9(15)16-10)5-4-8-6-12-7-14(8)11/h6-7H,4-5H2,1-3H3. The molecule has 2 aliphatic heterocycles. The van der Waals surface area contributed by atoms with Crippen molar-refractivity contribution in [3.05, 3.63) is 18.2 Å². The molecule has 3 heterocycles. The molecule has 86 valence electrons. The van der Waals surface area contributed by atoms with Crippen molar-refractivity contribution in [1.82, 2.24) is 14.5 Å². The highest BCUT2D eigenvalue weighted by molar-refractivity contribution is 5.72. The molecule has 1 unspecified atom stereocenters. The Labute approximate surface area is 94.0 Å². The van der Waals surface area contributed by atoms with Crippen LogP contribution in [0.1, 0.15) is 26.5 Å². The van der Waals surface area contributed by atoms with Crippen LogP contribution in [0, 0.1) is 0 Å². The number of hydrogen-bond donors (Lipinski definition) is 0. The largest absolute Gasteiger partial charge is 0.439 e. The molecule has 1 aromatic heterocycles. The first-order chi connectivity index (χ1) is 7.47. The smallest absolute Gasteiger partial charge is 0.412 e. The van der Waals surface area contributed by atoms with E-state index >= 15 is 0 Å². The van der Waals surface area contributed by atoms with Crippen LogP contribution in [0.5, 0.6) is 0 Å². The quantitative estimate of drug-likeness (QED) is 0.664. The third kappa shape index (κ3) is 0.870. The van der Waals surface area contributed by atoms with E-state index in [1.54, 1.807) is 11.2 Å². The SMILES string of the molecule is CC1(C)OC(=O)N2CCc3cncn3C21C. The van der Waals surface area contributed by atoms with E-state index < -0.39 is 11.3 Å². The van der Waals surface area contributed by atoms with Gasteiger partial charge in [-0.1, -0.05) is 0 Å². The number of aromatic nitrogens is 2. The summed E-state index contributed by atoms with van der Waals surface area (Å²) in [5.41, 5.74) is 0.152. The number of imidazole rings is 1. The van der Waals surface area contributed by atoms with Crippen LogP contribution >= 0.6 is 0 Å². The first-order valence-electron chi connectivity index (χ1n) is 5.49. The second-order valence-corrected chi connectivity index (χ2v) is 5.06. The third-order valence-corrected chi connectivity index (χ3v) is 4.00. The van der Waals surface area contributed by atoms with Crippen molar-refractivity contribution in [2.24, 2.45) is 0 Å². The zero-order chi connectivity index (χ0) is 11.6. The van der Waals surface area contributed by atoms with E-state index in [1.807, 2.05) is 27.0 Å². The molecule has 5 heteroatoms. The topological polar surface area (TPSA) is 47.4 Å². The van der Waals surface area contributed by atoms with Crippen LogP contribution in [0.3, 0.4) is 0 Å². The van der Waals surface area contributed by atoms with Crippen LogP contribution in [-0.2, 0) is 16.8 Å². The van der Waals surface area contributed by atoms with Crippen molar-refractivity contribution < 1.29 is 9.53 Å². The van der Waals surface area contributed by atoms with Gasteiger partial charge in [-0.2, -0.15) is 0 Å². The van der Waals surface area contributed by atoms with E-state index in [-0.39, 0.29) is 6.09 Å². The minimum atomic E-state index is -0.542. The minimum Gasteiger partial charge on any atom is -0.439 e. The van der Waals surface area contributed by atoms with E-state index in [0.717, 1.165) is 12.1 Å². The summed E-state index contributed by atoms with van der Waals surface area (Å²) in [5.74, 6) is 0. The molecule has 0 radical (unpaired) electrons.